The topological polar surface area (TPSA) is 35.5 Å². The van der Waals surface area contributed by atoms with Crippen LogP contribution in [0.15, 0.2) is 0 Å². The fourth-order valence-electron chi connectivity index (χ4n) is 0.365. The van der Waals surface area contributed by atoms with Crippen LogP contribution in [-0.4, -0.2) is 23.6 Å². The predicted molar refractivity (Wildman–Crippen MR) is 44.1 cm³/mol. The maximum atomic E-state index is 10.6. The van der Waals surface area contributed by atoms with Gasteiger partial charge in [-0.25, -0.2) is 4.79 Å². The summed E-state index contributed by atoms with van der Waals surface area (Å²) < 4.78 is 9.12. The Hall–Kier alpha value is -0.290. The molecule has 3 nitrogen and oxygen atoms in total. The van der Waals surface area contributed by atoms with Crippen molar-refractivity contribution in [3.63, 3.8) is 0 Å². The van der Waals surface area contributed by atoms with Gasteiger partial charge in [0.1, 0.15) is 0 Å². The molecule has 0 amide bonds. The first-order valence-corrected chi connectivity index (χ1v) is 3.41. The lowest BCUT2D eigenvalue weighted by Gasteiger charge is -2.08. The molecular weight excluding hydrogens is 172 g/mol. The van der Waals surface area contributed by atoms with E-state index in [2.05, 4.69) is 29.6 Å². The van der Waals surface area contributed by atoms with E-state index in [9.17, 15) is 4.79 Å². The fourth-order valence-corrected chi connectivity index (χ4v) is 0.668. The Morgan fingerprint density at radius 1 is 1.70 bits per heavy atom. The Bertz CT molecular complexity index is 146. The first-order valence-electron chi connectivity index (χ1n) is 2.55. The number of carbonyl (C=O) groups excluding carboxylic acids is 1. The molecule has 0 aliphatic heterocycles. The van der Waals surface area contributed by atoms with Gasteiger partial charge in [-0.15, -0.1) is 0 Å². The van der Waals surface area contributed by atoms with Gasteiger partial charge >= 0.3 is 5.97 Å². The minimum absolute atomic E-state index is 0.0397. The second kappa shape index (κ2) is 4.51. The number of rotatable bonds is 2. The van der Waals surface area contributed by atoms with Crippen molar-refractivity contribution in [2.45, 2.75) is 13.0 Å². The SMILES string of the molecule is COC(=O)C(C)OC(=S)S. The molecule has 0 bridgehead atoms. The van der Waals surface area contributed by atoms with Gasteiger partial charge in [0.15, 0.2) is 6.10 Å². The van der Waals surface area contributed by atoms with E-state index in [4.69, 9.17) is 4.74 Å². The lowest BCUT2D eigenvalue weighted by atomic mass is 10.4. The van der Waals surface area contributed by atoms with Crippen molar-refractivity contribution in [3.05, 3.63) is 0 Å². The average molecular weight is 180 g/mol. The van der Waals surface area contributed by atoms with Crippen LogP contribution in [0.2, 0.25) is 0 Å². The van der Waals surface area contributed by atoms with E-state index in [0.29, 0.717) is 0 Å². The van der Waals surface area contributed by atoms with Crippen LogP contribution in [-0.2, 0) is 14.3 Å². The molecule has 0 spiro atoms. The molecule has 0 fully saturated rings. The normalized spacial score (nSPS) is 11.9. The van der Waals surface area contributed by atoms with E-state index in [1.165, 1.54) is 14.0 Å². The van der Waals surface area contributed by atoms with Crippen molar-refractivity contribution in [3.8, 4) is 0 Å². The van der Waals surface area contributed by atoms with E-state index >= 15 is 0 Å². The summed E-state index contributed by atoms with van der Waals surface area (Å²) in [6.07, 6.45) is -0.671. The number of thiol groups is 1. The molecule has 0 saturated carbocycles. The third-order valence-corrected chi connectivity index (χ3v) is 1.01. The van der Waals surface area contributed by atoms with Crippen LogP contribution in [0.3, 0.4) is 0 Å². The van der Waals surface area contributed by atoms with Crippen molar-refractivity contribution >= 4 is 35.2 Å². The Balaban J connectivity index is 3.72. The third-order valence-electron chi connectivity index (χ3n) is 0.811. The summed E-state index contributed by atoms with van der Waals surface area (Å²) in [4.78, 5) is 10.6. The summed E-state index contributed by atoms with van der Waals surface area (Å²) in [7, 11) is 1.28. The maximum absolute atomic E-state index is 10.6. The Kier molecular flexibility index (Phi) is 4.38. The van der Waals surface area contributed by atoms with E-state index in [1.54, 1.807) is 0 Å². The minimum atomic E-state index is -0.671. The molecule has 5 heteroatoms. The van der Waals surface area contributed by atoms with Crippen molar-refractivity contribution < 1.29 is 14.3 Å². The van der Waals surface area contributed by atoms with Gasteiger partial charge in [-0.2, -0.15) is 0 Å². The summed E-state index contributed by atoms with van der Waals surface area (Å²) in [5, 5.41) is 0. The van der Waals surface area contributed by atoms with Crippen LogP contribution in [0.25, 0.3) is 0 Å². The predicted octanol–water partition coefficient (Wildman–Crippen LogP) is 0.779. The fraction of sp³-hybridized carbons (Fsp3) is 0.600. The molecule has 0 aliphatic rings. The van der Waals surface area contributed by atoms with E-state index in [1.807, 2.05) is 0 Å². The zero-order valence-corrected chi connectivity index (χ0v) is 7.37. The van der Waals surface area contributed by atoms with Gasteiger partial charge in [0, 0.05) is 0 Å². The number of thiocarbonyl (C=S) groups is 1. The molecule has 0 N–H and O–H groups in total. The molecule has 0 aromatic rings. The smallest absolute Gasteiger partial charge is 0.346 e. The van der Waals surface area contributed by atoms with Crippen LogP contribution < -0.4 is 0 Å². The first-order chi connectivity index (χ1) is 4.57. The second-order valence-corrected chi connectivity index (χ2v) is 2.63. The molecule has 0 heterocycles. The molecule has 10 heavy (non-hydrogen) atoms. The van der Waals surface area contributed by atoms with Gasteiger partial charge in [0.25, 0.3) is 0 Å². The average Bonchev–Trinajstić information content (AvgIpc) is 1.85. The van der Waals surface area contributed by atoms with Crippen LogP contribution >= 0.6 is 24.8 Å². The number of carbonyl (C=O) groups is 1. The van der Waals surface area contributed by atoms with Gasteiger partial charge in [-0.05, 0) is 19.1 Å². The van der Waals surface area contributed by atoms with E-state index in [-0.39, 0.29) is 4.38 Å². The van der Waals surface area contributed by atoms with Crippen LogP contribution in [0.5, 0.6) is 0 Å². The summed E-state index contributed by atoms with van der Waals surface area (Å²) in [6, 6.07) is 0. The van der Waals surface area contributed by atoms with Crippen molar-refractivity contribution in [1.29, 1.82) is 0 Å². The quantitative estimate of drug-likeness (QED) is 0.387. The van der Waals surface area contributed by atoms with Gasteiger partial charge in [-0.3, -0.25) is 0 Å². The Labute approximate surface area is 70.1 Å². The van der Waals surface area contributed by atoms with Crippen LogP contribution in [0.1, 0.15) is 6.92 Å². The summed E-state index contributed by atoms with van der Waals surface area (Å²) in [5.74, 6) is -0.462. The number of ether oxygens (including phenoxy) is 2. The molecule has 0 aromatic carbocycles. The first kappa shape index (κ1) is 9.71. The largest absolute Gasteiger partial charge is 0.466 e. The van der Waals surface area contributed by atoms with Gasteiger partial charge in [0.2, 0.25) is 4.38 Å². The van der Waals surface area contributed by atoms with E-state index in [0.717, 1.165) is 0 Å². The molecular formula is C5H8O3S2. The highest BCUT2D eigenvalue weighted by molar-refractivity contribution is 8.10. The summed E-state index contributed by atoms with van der Waals surface area (Å²) in [6.45, 7) is 1.54. The molecule has 0 aromatic heterocycles. The van der Waals surface area contributed by atoms with Gasteiger partial charge < -0.3 is 9.47 Å². The van der Waals surface area contributed by atoms with Gasteiger partial charge in [-0.1, -0.05) is 12.6 Å². The lowest BCUT2D eigenvalue weighted by Crippen LogP contribution is -2.22. The number of esters is 1. The molecule has 0 rings (SSSR count). The second-order valence-electron chi connectivity index (χ2n) is 1.55. The molecule has 0 radical (unpaired) electrons. The molecule has 1 unspecified atom stereocenters. The highest BCUT2D eigenvalue weighted by atomic mass is 32.1. The monoisotopic (exact) mass is 180 g/mol. The Morgan fingerprint density at radius 3 is 2.50 bits per heavy atom. The Morgan fingerprint density at radius 2 is 2.20 bits per heavy atom. The zero-order chi connectivity index (χ0) is 8.15. The third kappa shape index (κ3) is 3.68. The van der Waals surface area contributed by atoms with Gasteiger partial charge in [0.05, 0.1) is 7.11 Å². The van der Waals surface area contributed by atoms with Crippen molar-refractivity contribution in [2.24, 2.45) is 0 Å². The van der Waals surface area contributed by atoms with Crippen LogP contribution in [0.4, 0.5) is 0 Å². The van der Waals surface area contributed by atoms with Crippen molar-refractivity contribution in [1.82, 2.24) is 0 Å². The molecule has 58 valence electrons. The maximum Gasteiger partial charge on any atom is 0.346 e. The summed E-state index contributed by atoms with van der Waals surface area (Å²) >= 11 is 8.15. The standard InChI is InChI=1S/C5H8O3S2/c1-3(4(6)7-2)8-5(9)10/h3H,1-2H3,(H,9,10). The lowest BCUT2D eigenvalue weighted by molar-refractivity contribution is -0.148. The van der Waals surface area contributed by atoms with Crippen molar-refractivity contribution in [2.75, 3.05) is 7.11 Å². The molecule has 0 saturated heterocycles. The molecule has 0 aliphatic carbocycles. The van der Waals surface area contributed by atoms with E-state index < -0.39 is 12.1 Å². The van der Waals surface area contributed by atoms with Crippen LogP contribution in [0, 0.1) is 0 Å². The number of hydrogen-bond donors (Lipinski definition) is 1. The summed E-state index contributed by atoms with van der Waals surface area (Å²) in [5.41, 5.74) is 0. The molecule has 1 atom stereocenters. The number of methoxy groups -OCH3 is 1. The zero-order valence-electron chi connectivity index (χ0n) is 5.66. The minimum Gasteiger partial charge on any atom is -0.466 e. The highest BCUT2D eigenvalue weighted by Gasteiger charge is 2.13. The highest BCUT2D eigenvalue weighted by Crippen LogP contribution is 1.97. The number of hydrogen-bond acceptors (Lipinski definition) is 4.